The van der Waals surface area contributed by atoms with Gasteiger partial charge in [-0.15, -0.1) is 24.8 Å². The predicted octanol–water partition coefficient (Wildman–Crippen LogP) is 3.03. The fraction of sp³-hybridized carbons (Fsp3) is 0.600. The number of para-hydroxylation sites is 1. The van der Waals surface area contributed by atoms with Crippen molar-refractivity contribution in [2.24, 2.45) is 5.92 Å². The molecule has 1 aromatic rings. The first-order valence-corrected chi connectivity index (χ1v) is 7.08. The molecule has 0 unspecified atom stereocenters. The highest BCUT2D eigenvalue weighted by Gasteiger charge is 2.38. The first-order valence-electron chi connectivity index (χ1n) is 7.08. The van der Waals surface area contributed by atoms with Crippen molar-refractivity contribution in [1.29, 1.82) is 0 Å². The first kappa shape index (κ1) is 18.5. The van der Waals surface area contributed by atoms with Gasteiger partial charge in [-0.3, -0.25) is 4.90 Å². The number of hydrogen-bond acceptors (Lipinski definition) is 3. The van der Waals surface area contributed by atoms with Crippen molar-refractivity contribution in [2.45, 2.75) is 18.9 Å². The summed E-state index contributed by atoms with van der Waals surface area (Å²) in [7, 11) is 1.56. The minimum Gasteiger partial charge on any atom is -0.493 e. The fourth-order valence-electron chi connectivity index (χ4n) is 3.09. The maximum Gasteiger partial charge on any atom is 0.165 e. The molecule has 3 rings (SSSR count). The molecule has 6 heteroatoms. The Morgan fingerprint density at radius 1 is 1.24 bits per heavy atom. The third-order valence-corrected chi connectivity index (χ3v) is 4.13. The molecule has 1 aliphatic heterocycles. The molecule has 120 valence electrons. The van der Waals surface area contributed by atoms with E-state index in [2.05, 4.69) is 10.2 Å². The van der Waals surface area contributed by atoms with E-state index in [0.29, 0.717) is 17.7 Å². The standard InChI is InChI=1S/C15H21FN2O.2ClH/c1-19-15-12(3-2-4-13(15)16)14(11-5-6-11)18-9-7-17-8-10-18;;/h2-4,11,14,17H,5-10H2,1H3;2*1H/t14-;;/m0../s1. The Balaban J connectivity index is 0.00000110. The van der Waals surface area contributed by atoms with Crippen LogP contribution in [0.25, 0.3) is 0 Å². The zero-order chi connectivity index (χ0) is 13.2. The van der Waals surface area contributed by atoms with Crippen LogP contribution in [0.4, 0.5) is 4.39 Å². The molecule has 3 nitrogen and oxygen atoms in total. The quantitative estimate of drug-likeness (QED) is 0.914. The van der Waals surface area contributed by atoms with Gasteiger partial charge >= 0.3 is 0 Å². The number of benzene rings is 1. The molecular weight excluding hydrogens is 314 g/mol. The van der Waals surface area contributed by atoms with Crippen LogP contribution in [-0.2, 0) is 0 Å². The van der Waals surface area contributed by atoms with Crippen LogP contribution in [0, 0.1) is 11.7 Å². The fourth-order valence-corrected chi connectivity index (χ4v) is 3.09. The molecule has 0 spiro atoms. The van der Waals surface area contributed by atoms with Crippen molar-refractivity contribution in [3.05, 3.63) is 29.6 Å². The number of rotatable bonds is 4. The Morgan fingerprint density at radius 2 is 1.90 bits per heavy atom. The third-order valence-electron chi connectivity index (χ3n) is 4.13. The topological polar surface area (TPSA) is 24.5 Å². The molecule has 21 heavy (non-hydrogen) atoms. The van der Waals surface area contributed by atoms with Crippen LogP contribution in [0.2, 0.25) is 0 Å². The number of methoxy groups -OCH3 is 1. The lowest BCUT2D eigenvalue weighted by molar-refractivity contribution is 0.153. The second kappa shape index (κ2) is 8.18. The van der Waals surface area contributed by atoms with E-state index in [1.807, 2.05) is 6.07 Å². The molecule has 0 radical (unpaired) electrons. The summed E-state index contributed by atoms with van der Waals surface area (Å²) in [5.74, 6) is 0.840. The summed E-state index contributed by atoms with van der Waals surface area (Å²) in [6.45, 7) is 4.09. The SMILES string of the molecule is COc1c(F)cccc1[C@H](C1CC1)N1CCNCC1.Cl.Cl. The molecule has 0 aromatic heterocycles. The monoisotopic (exact) mass is 336 g/mol. The van der Waals surface area contributed by atoms with Crippen LogP contribution >= 0.6 is 24.8 Å². The smallest absolute Gasteiger partial charge is 0.165 e. The van der Waals surface area contributed by atoms with Crippen LogP contribution in [0.15, 0.2) is 18.2 Å². The summed E-state index contributed by atoms with van der Waals surface area (Å²) in [6, 6.07) is 5.61. The van der Waals surface area contributed by atoms with Crippen molar-refractivity contribution in [3.63, 3.8) is 0 Å². The van der Waals surface area contributed by atoms with Gasteiger partial charge in [0.05, 0.1) is 7.11 Å². The molecule has 1 aliphatic carbocycles. The number of nitrogens with one attached hydrogen (secondary N) is 1. The largest absolute Gasteiger partial charge is 0.493 e. The van der Waals surface area contributed by atoms with Crippen LogP contribution < -0.4 is 10.1 Å². The molecule has 1 saturated heterocycles. The molecule has 1 heterocycles. The minimum absolute atomic E-state index is 0. The van der Waals surface area contributed by atoms with E-state index in [1.165, 1.54) is 18.9 Å². The molecule has 1 aromatic carbocycles. The maximum atomic E-state index is 13.9. The third kappa shape index (κ3) is 4.01. The summed E-state index contributed by atoms with van der Waals surface area (Å²) in [5, 5.41) is 3.37. The van der Waals surface area contributed by atoms with E-state index in [1.54, 1.807) is 13.2 Å². The highest BCUT2D eigenvalue weighted by atomic mass is 35.5. The van der Waals surface area contributed by atoms with Crippen LogP contribution in [0.5, 0.6) is 5.75 Å². The van der Waals surface area contributed by atoms with Gasteiger partial charge in [0.25, 0.3) is 0 Å². The second-order valence-electron chi connectivity index (χ2n) is 5.43. The van der Waals surface area contributed by atoms with Gasteiger partial charge in [0.15, 0.2) is 11.6 Å². The van der Waals surface area contributed by atoms with E-state index < -0.39 is 0 Å². The summed E-state index contributed by atoms with van der Waals surface area (Å²) >= 11 is 0. The van der Waals surface area contributed by atoms with Crippen LogP contribution in [0.1, 0.15) is 24.4 Å². The molecule has 1 saturated carbocycles. The lowest BCUT2D eigenvalue weighted by Crippen LogP contribution is -2.45. The molecule has 0 amide bonds. The van der Waals surface area contributed by atoms with E-state index in [0.717, 1.165) is 31.7 Å². The summed E-state index contributed by atoms with van der Waals surface area (Å²) in [4.78, 5) is 2.48. The van der Waals surface area contributed by atoms with Crippen LogP contribution in [-0.4, -0.2) is 38.2 Å². The van der Waals surface area contributed by atoms with Gasteiger partial charge < -0.3 is 10.1 Å². The highest BCUT2D eigenvalue weighted by molar-refractivity contribution is 5.85. The number of hydrogen-bond donors (Lipinski definition) is 1. The van der Waals surface area contributed by atoms with Gasteiger partial charge in [-0.05, 0) is 24.8 Å². The van der Waals surface area contributed by atoms with Crippen molar-refractivity contribution in [3.8, 4) is 5.75 Å². The Morgan fingerprint density at radius 3 is 2.48 bits per heavy atom. The minimum atomic E-state index is -0.249. The van der Waals surface area contributed by atoms with Crippen molar-refractivity contribution >= 4 is 24.8 Å². The molecular formula is C15H23Cl2FN2O. The summed E-state index contributed by atoms with van der Waals surface area (Å²) in [6.07, 6.45) is 2.49. The number of piperazine rings is 1. The number of ether oxygens (including phenoxy) is 1. The average molecular weight is 337 g/mol. The highest BCUT2D eigenvalue weighted by Crippen LogP contribution is 2.47. The number of nitrogens with zero attached hydrogens (tertiary/aromatic N) is 1. The second-order valence-corrected chi connectivity index (χ2v) is 5.43. The molecule has 1 N–H and O–H groups in total. The van der Waals surface area contributed by atoms with E-state index in [-0.39, 0.29) is 30.6 Å². The van der Waals surface area contributed by atoms with Gasteiger partial charge in [-0.2, -0.15) is 0 Å². The normalized spacial score (nSPS) is 20.1. The molecule has 1 atom stereocenters. The molecule has 2 aliphatic rings. The number of halogens is 3. The van der Waals surface area contributed by atoms with Crippen molar-refractivity contribution < 1.29 is 9.13 Å². The Hall–Kier alpha value is -0.550. The Bertz CT molecular complexity index is 451. The zero-order valence-corrected chi connectivity index (χ0v) is 13.8. The van der Waals surface area contributed by atoms with Gasteiger partial charge in [-0.25, -0.2) is 4.39 Å². The van der Waals surface area contributed by atoms with Gasteiger partial charge in [-0.1, -0.05) is 12.1 Å². The molecule has 0 bridgehead atoms. The summed E-state index contributed by atoms with van der Waals surface area (Å²) < 4.78 is 19.2. The van der Waals surface area contributed by atoms with Gasteiger partial charge in [0.2, 0.25) is 0 Å². The van der Waals surface area contributed by atoms with Gasteiger partial charge in [0, 0.05) is 37.8 Å². The maximum absolute atomic E-state index is 13.9. The lowest BCUT2D eigenvalue weighted by atomic mass is 9.98. The van der Waals surface area contributed by atoms with Crippen molar-refractivity contribution in [2.75, 3.05) is 33.3 Å². The average Bonchev–Trinajstić information content (AvgIpc) is 3.25. The first-order chi connectivity index (χ1) is 9.31. The summed E-state index contributed by atoms with van der Waals surface area (Å²) in [5.41, 5.74) is 1.02. The molecule has 2 fully saturated rings. The van der Waals surface area contributed by atoms with Crippen LogP contribution in [0.3, 0.4) is 0 Å². The lowest BCUT2D eigenvalue weighted by Gasteiger charge is -2.36. The Labute approximate surface area is 138 Å². The van der Waals surface area contributed by atoms with E-state index in [4.69, 9.17) is 4.74 Å². The van der Waals surface area contributed by atoms with Gasteiger partial charge in [0.1, 0.15) is 0 Å². The predicted molar refractivity (Wildman–Crippen MR) is 87.4 cm³/mol. The van der Waals surface area contributed by atoms with E-state index in [9.17, 15) is 4.39 Å². The zero-order valence-electron chi connectivity index (χ0n) is 12.2. The Kier molecular flexibility index (Phi) is 7.21. The van der Waals surface area contributed by atoms with Crippen molar-refractivity contribution in [1.82, 2.24) is 10.2 Å². The van der Waals surface area contributed by atoms with E-state index >= 15 is 0 Å².